The van der Waals surface area contributed by atoms with Gasteiger partial charge in [-0.05, 0) is 24.0 Å². The summed E-state index contributed by atoms with van der Waals surface area (Å²) < 4.78 is 32.0. The summed E-state index contributed by atoms with van der Waals surface area (Å²) in [5.74, 6) is 0.649. The first-order chi connectivity index (χ1) is 9.21. The molecular weight excluding hydrogens is 276 g/mol. The Bertz CT molecular complexity index is 561. The third-order valence-electron chi connectivity index (χ3n) is 3.56. The molecular formula is C14H24N2O3S. The van der Waals surface area contributed by atoms with Crippen LogP contribution in [0.5, 0.6) is 0 Å². The molecule has 1 aliphatic rings. The fourth-order valence-electron chi connectivity index (χ4n) is 2.29. The largest absolute Gasteiger partial charge is 0.447 e. The highest BCUT2D eigenvalue weighted by molar-refractivity contribution is 7.89. The van der Waals surface area contributed by atoms with Crippen LogP contribution in [0.4, 0.5) is 0 Å². The van der Waals surface area contributed by atoms with Gasteiger partial charge in [0.15, 0.2) is 0 Å². The summed E-state index contributed by atoms with van der Waals surface area (Å²) in [6, 6.07) is 3.61. The summed E-state index contributed by atoms with van der Waals surface area (Å²) in [6.07, 6.45) is 0.884. The Morgan fingerprint density at radius 2 is 2.10 bits per heavy atom. The van der Waals surface area contributed by atoms with E-state index in [2.05, 4.69) is 19.2 Å². The van der Waals surface area contributed by atoms with Crippen LogP contribution in [-0.4, -0.2) is 31.9 Å². The van der Waals surface area contributed by atoms with Crippen molar-refractivity contribution in [2.24, 2.45) is 5.41 Å². The molecule has 0 atom stereocenters. The molecule has 0 unspecified atom stereocenters. The van der Waals surface area contributed by atoms with Crippen LogP contribution in [0.2, 0.25) is 0 Å². The van der Waals surface area contributed by atoms with Crippen molar-refractivity contribution in [3.63, 3.8) is 0 Å². The lowest BCUT2D eigenvalue weighted by molar-refractivity contribution is 0.354. The maximum atomic E-state index is 12.5. The zero-order valence-electron chi connectivity index (χ0n) is 12.6. The standard InChI is InChI=1S/C14H24N2O3S/c1-11(2)15-9-12-5-6-13(19-12)20(17,18)16-8-7-14(3,4)10-16/h5-6,11,15H,7-10H2,1-4H3. The molecule has 20 heavy (non-hydrogen) atoms. The van der Waals surface area contributed by atoms with E-state index in [9.17, 15) is 8.42 Å². The lowest BCUT2D eigenvalue weighted by Crippen LogP contribution is -2.30. The van der Waals surface area contributed by atoms with Crippen LogP contribution in [-0.2, 0) is 16.6 Å². The van der Waals surface area contributed by atoms with Crippen molar-refractivity contribution in [2.45, 2.75) is 51.8 Å². The third kappa shape index (κ3) is 3.42. The lowest BCUT2D eigenvalue weighted by atomic mass is 9.93. The first kappa shape index (κ1) is 15.5. The summed E-state index contributed by atoms with van der Waals surface area (Å²) in [4.78, 5) is 0. The van der Waals surface area contributed by atoms with Gasteiger partial charge in [0.1, 0.15) is 5.76 Å². The van der Waals surface area contributed by atoms with E-state index >= 15 is 0 Å². The molecule has 1 fully saturated rings. The molecule has 2 heterocycles. The molecule has 0 amide bonds. The maximum absolute atomic E-state index is 12.5. The van der Waals surface area contributed by atoms with E-state index in [1.54, 1.807) is 12.1 Å². The summed E-state index contributed by atoms with van der Waals surface area (Å²) in [5, 5.41) is 3.26. The number of nitrogens with zero attached hydrogens (tertiary/aromatic N) is 1. The molecule has 0 spiro atoms. The quantitative estimate of drug-likeness (QED) is 0.905. The first-order valence-corrected chi connectivity index (χ1v) is 8.47. The van der Waals surface area contributed by atoms with Gasteiger partial charge in [-0.15, -0.1) is 0 Å². The zero-order chi connectivity index (χ0) is 15.0. The van der Waals surface area contributed by atoms with Crippen LogP contribution < -0.4 is 5.32 Å². The van der Waals surface area contributed by atoms with Crippen molar-refractivity contribution in [3.8, 4) is 0 Å². The highest BCUT2D eigenvalue weighted by Crippen LogP contribution is 2.33. The van der Waals surface area contributed by atoms with E-state index < -0.39 is 10.0 Å². The number of nitrogens with one attached hydrogen (secondary N) is 1. The predicted molar refractivity (Wildman–Crippen MR) is 77.8 cm³/mol. The van der Waals surface area contributed by atoms with Crippen LogP contribution in [0.1, 0.15) is 39.9 Å². The van der Waals surface area contributed by atoms with Crippen molar-refractivity contribution < 1.29 is 12.8 Å². The molecule has 0 radical (unpaired) electrons. The van der Waals surface area contributed by atoms with Crippen molar-refractivity contribution >= 4 is 10.0 Å². The van der Waals surface area contributed by atoms with Gasteiger partial charge in [0.05, 0.1) is 6.54 Å². The Morgan fingerprint density at radius 3 is 2.65 bits per heavy atom. The second kappa shape index (κ2) is 5.50. The van der Waals surface area contributed by atoms with E-state index in [4.69, 9.17) is 4.42 Å². The topological polar surface area (TPSA) is 62.6 Å². The second-order valence-corrected chi connectivity index (χ2v) is 8.38. The van der Waals surface area contributed by atoms with Crippen molar-refractivity contribution in [1.82, 2.24) is 9.62 Å². The lowest BCUT2D eigenvalue weighted by Gasteiger charge is -2.18. The molecule has 1 aromatic rings. The molecule has 114 valence electrons. The summed E-state index contributed by atoms with van der Waals surface area (Å²) in [6.45, 7) is 9.90. The zero-order valence-corrected chi connectivity index (χ0v) is 13.5. The minimum atomic E-state index is -3.49. The van der Waals surface area contributed by atoms with E-state index in [1.165, 1.54) is 4.31 Å². The van der Waals surface area contributed by atoms with Gasteiger partial charge in [0, 0.05) is 19.1 Å². The minimum absolute atomic E-state index is 0.0433. The van der Waals surface area contributed by atoms with E-state index in [0.29, 0.717) is 31.4 Å². The SMILES string of the molecule is CC(C)NCc1ccc(S(=O)(=O)N2CCC(C)(C)C2)o1. The highest BCUT2D eigenvalue weighted by atomic mass is 32.2. The molecule has 1 N–H and O–H groups in total. The van der Waals surface area contributed by atoms with Crippen molar-refractivity contribution in [1.29, 1.82) is 0 Å². The predicted octanol–water partition coefficient (Wildman–Crippen LogP) is 2.20. The fraction of sp³-hybridized carbons (Fsp3) is 0.714. The van der Waals surface area contributed by atoms with Gasteiger partial charge in [0.2, 0.25) is 5.09 Å². The van der Waals surface area contributed by atoms with Crippen LogP contribution in [0.3, 0.4) is 0 Å². The number of furan rings is 1. The number of rotatable bonds is 5. The molecule has 0 bridgehead atoms. The number of hydrogen-bond donors (Lipinski definition) is 1. The summed E-state index contributed by atoms with van der Waals surface area (Å²) in [5.41, 5.74) is 0.0433. The van der Waals surface area contributed by atoms with Gasteiger partial charge in [-0.2, -0.15) is 4.31 Å². The normalized spacial score (nSPS) is 19.9. The van der Waals surface area contributed by atoms with E-state index in [1.807, 2.05) is 13.8 Å². The first-order valence-electron chi connectivity index (χ1n) is 7.03. The Morgan fingerprint density at radius 1 is 1.40 bits per heavy atom. The molecule has 1 aliphatic heterocycles. The molecule has 1 saturated heterocycles. The van der Waals surface area contributed by atoms with Gasteiger partial charge >= 0.3 is 0 Å². The molecule has 0 saturated carbocycles. The summed E-state index contributed by atoms with van der Waals surface area (Å²) >= 11 is 0. The molecule has 0 aliphatic carbocycles. The minimum Gasteiger partial charge on any atom is -0.447 e. The smallest absolute Gasteiger partial charge is 0.276 e. The van der Waals surface area contributed by atoms with Crippen LogP contribution in [0.15, 0.2) is 21.6 Å². The average Bonchev–Trinajstić information content (AvgIpc) is 2.93. The molecule has 6 heteroatoms. The average molecular weight is 300 g/mol. The van der Waals surface area contributed by atoms with E-state index in [-0.39, 0.29) is 10.5 Å². The van der Waals surface area contributed by atoms with Gasteiger partial charge in [0.25, 0.3) is 10.0 Å². The Kier molecular flexibility index (Phi) is 4.27. The number of hydrogen-bond acceptors (Lipinski definition) is 4. The Balaban J connectivity index is 2.11. The van der Waals surface area contributed by atoms with Crippen LogP contribution in [0.25, 0.3) is 0 Å². The maximum Gasteiger partial charge on any atom is 0.276 e. The Labute approximate surface area is 121 Å². The van der Waals surface area contributed by atoms with Gasteiger partial charge in [-0.3, -0.25) is 0 Å². The summed E-state index contributed by atoms with van der Waals surface area (Å²) in [7, 11) is -3.49. The van der Waals surface area contributed by atoms with Gasteiger partial charge in [-0.1, -0.05) is 27.7 Å². The van der Waals surface area contributed by atoms with E-state index in [0.717, 1.165) is 6.42 Å². The third-order valence-corrected chi connectivity index (χ3v) is 5.28. The van der Waals surface area contributed by atoms with Gasteiger partial charge in [-0.25, -0.2) is 8.42 Å². The fourth-order valence-corrected chi connectivity index (χ4v) is 3.85. The van der Waals surface area contributed by atoms with Crippen molar-refractivity contribution in [2.75, 3.05) is 13.1 Å². The molecule has 0 aromatic carbocycles. The molecule has 2 rings (SSSR count). The second-order valence-electron chi connectivity index (χ2n) is 6.51. The molecule has 1 aromatic heterocycles. The van der Waals surface area contributed by atoms with Gasteiger partial charge < -0.3 is 9.73 Å². The highest BCUT2D eigenvalue weighted by Gasteiger charge is 2.38. The van der Waals surface area contributed by atoms with Crippen LogP contribution in [0, 0.1) is 5.41 Å². The monoisotopic (exact) mass is 300 g/mol. The van der Waals surface area contributed by atoms with Crippen LogP contribution >= 0.6 is 0 Å². The molecule has 5 nitrogen and oxygen atoms in total. The number of sulfonamides is 1. The Hall–Kier alpha value is -0.850. The van der Waals surface area contributed by atoms with Crippen molar-refractivity contribution in [3.05, 3.63) is 17.9 Å².